The number of hydrogen-bond acceptors (Lipinski definition) is 2. The van der Waals surface area contributed by atoms with Crippen molar-refractivity contribution in [3.05, 3.63) is 34.6 Å². The van der Waals surface area contributed by atoms with Crippen LogP contribution in [0.2, 0.25) is 5.02 Å². The second-order valence-corrected chi connectivity index (χ2v) is 3.89. The quantitative estimate of drug-likeness (QED) is 0.845. The van der Waals surface area contributed by atoms with Crippen molar-refractivity contribution >= 4 is 11.6 Å². The first kappa shape index (κ1) is 12.4. The molecule has 1 rings (SSSR count). The van der Waals surface area contributed by atoms with E-state index in [1.165, 1.54) is 12.1 Å². The molecule has 0 aliphatic carbocycles. The monoisotopic (exact) mass is 231 g/mol. The van der Waals surface area contributed by atoms with E-state index in [-0.39, 0.29) is 11.9 Å². The van der Waals surface area contributed by atoms with Gasteiger partial charge in [0.05, 0.1) is 0 Å². The third kappa shape index (κ3) is 4.16. The fourth-order valence-corrected chi connectivity index (χ4v) is 1.55. The predicted molar refractivity (Wildman–Crippen MR) is 59.6 cm³/mol. The molecular weight excluding hydrogens is 217 g/mol. The highest BCUT2D eigenvalue weighted by Gasteiger charge is 2.08. The average molecular weight is 232 g/mol. The van der Waals surface area contributed by atoms with Crippen LogP contribution in [0.1, 0.15) is 12.0 Å². The number of hydrogen-bond donors (Lipinski definition) is 1. The van der Waals surface area contributed by atoms with E-state index in [1.807, 2.05) is 0 Å². The molecule has 0 aliphatic heterocycles. The van der Waals surface area contributed by atoms with Crippen LogP contribution in [-0.2, 0) is 11.2 Å². The van der Waals surface area contributed by atoms with Gasteiger partial charge in [0.25, 0.3) is 0 Å². The van der Waals surface area contributed by atoms with Crippen LogP contribution in [0.25, 0.3) is 0 Å². The van der Waals surface area contributed by atoms with Gasteiger partial charge in [0.2, 0.25) is 0 Å². The van der Waals surface area contributed by atoms with Crippen LogP contribution in [0.15, 0.2) is 18.2 Å². The minimum atomic E-state index is -0.284. The van der Waals surface area contributed by atoms with E-state index < -0.39 is 0 Å². The first-order valence-corrected chi connectivity index (χ1v) is 5.19. The van der Waals surface area contributed by atoms with Gasteiger partial charge in [-0.15, -0.1) is 0 Å². The zero-order valence-corrected chi connectivity index (χ0v) is 9.43. The fraction of sp³-hybridized carbons (Fsp3) is 0.455. The number of nitrogens with two attached hydrogens (primary N) is 1. The van der Waals surface area contributed by atoms with Crippen LogP contribution >= 0.6 is 11.6 Å². The lowest BCUT2D eigenvalue weighted by atomic mass is 10.0. The highest BCUT2D eigenvalue weighted by Crippen LogP contribution is 2.18. The van der Waals surface area contributed by atoms with Crippen molar-refractivity contribution in [2.75, 3.05) is 13.7 Å². The average Bonchev–Trinajstić information content (AvgIpc) is 2.20. The summed E-state index contributed by atoms with van der Waals surface area (Å²) in [6, 6.07) is 4.26. The predicted octanol–water partition coefficient (Wildman–Crippen LogP) is 2.39. The summed E-state index contributed by atoms with van der Waals surface area (Å²) in [4.78, 5) is 0. The van der Waals surface area contributed by atoms with Gasteiger partial charge in [-0.2, -0.15) is 0 Å². The maximum absolute atomic E-state index is 12.9. The van der Waals surface area contributed by atoms with Crippen molar-refractivity contribution in [3.8, 4) is 0 Å². The van der Waals surface area contributed by atoms with Crippen molar-refractivity contribution in [2.45, 2.75) is 18.9 Å². The van der Waals surface area contributed by atoms with Crippen LogP contribution < -0.4 is 5.73 Å². The molecule has 0 amide bonds. The van der Waals surface area contributed by atoms with Crippen LogP contribution in [-0.4, -0.2) is 19.8 Å². The molecule has 1 aromatic carbocycles. The Morgan fingerprint density at radius 1 is 1.53 bits per heavy atom. The van der Waals surface area contributed by atoms with Crippen molar-refractivity contribution < 1.29 is 9.13 Å². The summed E-state index contributed by atoms with van der Waals surface area (Å²) in [5.74, 6) is -0.284. The topological polar surface area (TPSA) is 35.2 Å². The van der Waals surface area contributed by atoms with Gasteiger partial charge in [0.15, 0.2) is 0 Å². The second-order valence-electron chi connectivity index (χ2n) is 3.48. The molecule has 0 saturated heterocycles. The van der Waals surface area contributed by atoms with Gasteiger partial charge in [0, 0.05) is 24.8 Å². The van der Waals surface area contributed by atoms with Gasteiger partial charge >= 0.3 is 0 Å². The number of benzene rings is 1. The molecule has 4 heteroatoms. The van der Waals surface area contributed by atoms with E-state index in [9.17, 15) is 4.39 Å². The van der Waals surface area contributed by atoms with E-state index in [2.05, 4.69) is 0 Å². The molecule has 2 N–H and O–H groups in total. The third-order valence-corrected chi connectivity index (χ3v) is 2.55. The molecule has 1 unspecified atom stereocenters. The Morgan fingerprint density at radius 3 is 2.93 bits per heavy atom. The number of halogens is 2. The maximum Gasteiger partial charge on any atom is 0.123 e. The Bertz CT molecular complexity index is 319. The minimum absolute atomic E-state index is 0.0516. The molecule has 0 heterocycles. The van der Waals surface area contributed by atoms with E-state index in [1.54, 1.807) is 13.2 Å². The first-order valence-electron chi connectivity index (χ1n) is 4.82. The van der Waals surface area contributed by atoms with Crippen molar-refractivity contribution in [3.63, 3.8) is 0 Å². The molecule has 0 radical (unpaired) electrons. The Morgan fingerprint density at radius 2 is 2.27 bits per heavy atom. The molecular formula is C11H15ClFNO. The number of methoxy groups -OCH3 is 1. The third-order valence-electron chi connectivity index (χ3n) is 2.18. The molecule has 1 aromatic rings. The molecule has 2 nitrogen and oxygen atoms in total. The lowest BCUT2D eigenvalue weighted by Gasteiger charge is -2.12. The van der Waals surface area contributed by atoms with Crippen LogP contribution in [0, 0.1) is 5.82 Å². The molecule has 0 fully saturated rings. The van der Waals surface area contributed by atoms with Crippen molar-refractivity contribution in [1.29, 1.82) is 0 Å². The summed E-state index contributed by atoms with van der Waals surface area (Å²) in [5, 5.41) is 0.560. The largest absolute Gasteiger partial charge is 0.385 e. The van der Waals surface area contributed by atoms with Gasteiger partial charge in [0.1, 0.15) is 5.82 Å². The Labute approximate surface area is 94.2 Å². The van der Waals surface area contributed by atoms with Crippen LogP contribution in [0.4, 0.5) is 4.39 Å². The summed E-state index contributed by atoms with van der Waals surface area (Å²) >= 11 is 5.92. The summed E-state index contributed by atoms with van der Waals surface area (Å²) in [6.45, 7) is 0.605. The van der Waals surface area contributed by atoms with E-state index in [0.29, 0.717) is 18.1 Å². The van der Waals surface area contributed by atoms with E-state index >= 15 is 0 Å². The van der Waals surface area contributed by atoms with Crippen molar-refractivity contribution in [1.82, 2.24) is 0 Å². The normalized spacial score (nSPS) is 12.8. The molecule has 0 bridgehead atoms. The van der Waals surface area contributed by atoms with Crippen LogP contribution in [0.3, 0.4) is 0 Å². The summed E-state index contributed by atoms with van der Waals surface area (Å²) in [5.41, 5.74) is 6.60. The zero-order valence-electron chi connectivity index (χ0n) is 8.67. The summed E-state index contributed by atoms with van der Waals surface area (Å²) in [7, 11) is 1.63. The highest BCUT2D eigenvalue weighted by molar-refractivity contribution is 6.31. The Hall–Kier alpha value is -0.640. The Kier molecular flexibility index (Phi) is 5.02. The molecule has 0 saturated carbocycles. The number of rotatable bonds is 5. The molecule has 0 aliphatic rings. The molecule has 0 spiro atoms. The summed E-state index contributed by atoms with van der Waals surface area (Å²) < 4.78 is 17.8. The number of ether oxygens (including phenoxy) is 1. The van der Waals surface area contributed by atoms with Gasteiger partial charge in [-0.1, -0.05) is 11.6 Å². The molecule has 0 aromatic heterocycles. The van der Waals surface area contributed by atoms with E-state index in [0.717, 1.165) is 12.0 Å². The van der Waals surface area contributed by atoms with Crippen LogP contribution in [0.5, 0.6) is 0 Å². The zero-order chi connectivity index (χ0) is 11.3. The van der Waals surface area contributed by atoms with Gasteiger partial charge in [-0.3, -0.25) is 0 Å². The molecule has 84 valence electrons. The Balaban J connectivity index is 2.59. The maximum atomic E-state index is 12.9. The van der Waals surface area contributed by atoms with Gasteiger partial charge < -0.3 is 10.5 Å². The smallest absolute Gasteiger partial charge is 0.123 e. The van der Waals surface area contributed by atoms with Crippen molar-refractivity contribution in [2.24, 2.45) is 5.73 Å². The first-order chi connectivity index (χ1) is 7.13. The fourth-order valence-electron chi connectivity index (χ4n) is 1.35. The highest BCUT2D eigenvalue weighted by atomic mass is 35.5. The minimum Gasteiger partial charge on any atom is -0.385 e. The van der Waals surface area contributed by atoms with E-state index in [4.69, 9.17) is 22.1 Å². The second kappa shape index (κ2) is 6.05. The lowest BCUT2D eigenvalue weighted by molar-refractivity contribution is 0.188. The van der Waals surface area contributed by atoms with Gasteiger partial charge in [-0.25, -0.2) is 4.39 Å². The summed E-state index contributed by atoms with van der Waals surface area (Å²) in [6.07, 6.45) is 1.31. The van der Waals surface area contributed by atoms with Gasteiger partial charge in [-0.05, 0) is 36.6 Å². The molecule has 15 heavy (non-hydrogen) atoms. The molecule has 1 atom stereocenters. The SMILES string of the molecule is COCCC(N)Cc1cc(F)ccc1Cl. The standard InChI is InChI=1S/C11H15ClFNO/c1-15-5-4-10(14)7-8-6-9(13)2-3-11(8)12/h2-3,6,10H,4-5,7,14H2,1H3. The lowest BCUT2D eigenvalue weighted by Crippen LogP contribution is -2.24.